The van der Waals surface area contributed by atoms with Crippen molar-refractivity contribution in [1.29, 1.82) is 0 Å². The second-order valence-electron chi connectivity index (χ2n) is 3.53. The van der Waals surface area contributed by atoms with Gasteiger partial charge in [-0.2, -0.15) is 0 Å². The quantitative estimate of drug-likeness (QED) is 0.824. The molecular formula is C9H14N6S. The summed E-state index contributed by atoms with van der Waals surface area (Å²) in [5.41, 5.74) is 1.93. The van der Waals surface area contributed by atoms with Crippen LogP contribution >= 0.6 is 11.5 Å². The molecule has 0 saturated carbocycles. The lowest BCUT2D eigenvalue weighted by molar-refractivity contribution is 0.529. The Morgan fingerprint density at radius 1 is 1.50 bits per heavy atom. The Morgan fingerprint density at radius 3 is 2.94 bits per heavy atom. The van der Waals surface area contributed by atoms with E-state index in [0.29, 0.717) is 0 Å². The number of rotatable bonds is 5. The summed E-state index contributed by atoms with van der Waals surface area (Å²) >= 11 is 1.37. The van der Waals surface area contributed by atoms with E-state index in [1.165, 1.54) is 11.5 Å². The molecule has 1 unspecified atom stereocenters. The molecule has 0 aliphatic carbocycles. The molecule has 16 heavy (non-hydrogen) atoms. The Hall–Kier alpha value is -1.34. The van der Waals surface area contributed by atoms with Crippen molar-refractivity contribution >= 4 is 11.5 Å². The number of nitrogens with one attached hydrogen (secondary N) is 1. The Kier molecular flexibility index (Phi) is 3.58. The largest absolute Gasteiger partial charge is 0.308 e. The normalized spacial score (nSPS) is 12.9. The van der Waals surface area contributed by atoms with E-state index >= 15 is 0 Å². The summed E-state index contributed by atoms with van der Waals surface area (Å²) in [6, 6.07) is 0.167. The number of aryl methyl sites for hydroxylation is 1. The molecule has 6 nitrogen and oxygen atoms in total. The van der Waals surface area contributed by atoms with Crippen molar-refractivity contribution in [3.8, 4) is 0 Å². The highest BCUT2D eigenvalue weighted by atomic mass is 32.1. The van der Waals surface area contributed by atoms with Crippen molar-refractivity contribution in [1.82, 2.24) is 29.9 Å². The molecule has 2 heterocycles. The van der Waals surface area contributed by atoms with Crippen LogP contribution in [0.5, 0.6) is 0 Å². The van der Waals surface area contributed by atoms with Crippen LogP contribution in [0.15, 0.2) is 11.6 Å². The maximum Gasteiger partial charge on any atom is 0.0928 e. The van der Waals surface area contributed by atoms with Crippen LogP contribution in [0.25, 0.3) is 0 Å². The average molecular weight is 238 g/mol. The van der Waals surface area contributed by atoms with Gasteiger partial charge in [-0.15, -0.1) is 10.2 Å². The topological polar surface area (TPSA) is 68.5 Å². The first-order valence-corrected chi connectivity index (χ1v) is 5.98. The molecule has 0 aromatic carbocycles. The van der Waals surface area contributed by atoms with Crippen molar-refractivity contribution in [2.45, 2.75) is 19.4 Å². The highest BCUT2D eigenvalue weighted by Crippen LogP contribution is 2.15. The van der Waals surface area contributed by atoms with Gasteiger partial charge in [0, 0.05) is 25.0 Å². The fraction of sp³-hybridized carbons (Fsp3) is 0.556. The standard InChI is InChI=1S/C9H14N6S/c1-3-10-8(9-6-16-14-12-9)4-7-5-15(2)13-11-7/h5-6,8,10H,3-4H2,1-2H3. The van der Waals surface area contributed by atoms with Crippen molar-refractivity contribution < 1.29 is 0 Å². The van der Waals surface area contributed by atoms with E-state index in [1.54, 1.807) is 4.68 Å². The number of likely N-dealkylation sites (N-methyl/N-ethyl adjacent to an activating group) is 1. The van der Waals surface area contributed by atoms with Gasteiger partial charge in [0.05, 0.1) is 17.4 Å². The van der Waals surface area contributed by atoms with Crippen LogP contribution in [0, 0.1) is 0 Å². The van der Waals surface area contributed by atoms with E-state index < -0.39 is 0 Å². The predicted molar refractivity (Wildman–Crippen MR) is 61.0 cm³/mol. The molecule has 0 amide bonds. The number of nitrogens with zero attached hydrogens (tertiary/aromatic N) is 5. The third kappa shape index (κ3) is 2.61. The minimum absolute atomic E-state index is 0.167. The fourth-order valence-corrected chi connectivity index (χ4v) is 2.06. The van der Waals surface area contributed by atoms with Gasteiger partial charge in [0.15, 0.2) is 0 Å². The Balaban J connectivity index is 2.09. The van der Waals surface area contributed by atoms with Crippen molar-refractivity contribution in [2.75, 3.05) is 6.54 Å². The molecule has 0 fully saturated rings. The lowest BCUT2D eigenvalue weighted by Crippen LogP contribution is -2.23. The minimum Gasteiger partial charge on any atom is -0.308 e. The van der Waals surface area contributed by atoms with Crippen LogP contribution in [0.3, 0.4) is 0 Å². The third-order valence-electron chi connectivity index (χ3n) is 2.25. The second-order valence-corrected chi connectivity index (χ2v) is 4.14. The SMILES string of the molecule is CCNC(Cc1cn(C)nn1)c1csnn1. The summed E-state index contributed by atoms with van der Waals surface area (Å²) in [7, 11) is 1.86. The van der Waals surface area contributed by atoms with E-state index in [0.717, 1.165) is 24.4 Å². The molecule has 2 aromatic heterocycles. The molecule has 2 aromatic rings. The fourth-order valence-electron chi connectivity index (χ4n) is 1.55. The van der Waals surface area contributed by atoms with Gasteiger partial charge in [-0.25, -0.2) is 0 Å². The highest BCUT2D eigenvalue weighted by Gasteiger charge is 2.15. The van der Waals surface area contributed by atoms with E-state index in [2.05, 4.69) is 32.1 Å². The van der Waals surface area contributed by atoms with Crippen molar-refractivity contribution in [3.63, 3.8) is 0 Å². The molecule has 2 rings (SSSR count). The molecule has 0 bridgehead atoms. The minimum atomic E-state index is 0.167. The predicted octanol–water partition coefficient (Wildman–Crippen LogP) is 0.560. The van der Waals surface area contributed by atoms with E-state index in [9.17, 15) is 0 Å². The van der Waals surface area contributed by atoms with Gasteiger partial charge in [0.2, 0.25) is 0 Å². The van der Waals surface area contributed by atoms with Gasteiger partial charge in [-0.3, -0.25) is 4.68 Å². The summed E-state index contributed by atoms with van der Waals surface area (Å²) in [6.07, 6.45) is 2.71. The maximum atomic E-state index is 4.09. The monoisotopic (exact) mass is 238 g/mol. The maximum absolute atomic E-state index is 4.09. The molecule has 0 spiro atoms. The molecule has 1 N–H and O–H groups in total. The summed E-state index contributed by atoms with van der Waals surface area (Å²) in [5, 5.41) is 17.4. The zero-order valence-electron chi connectivity index (χ0n) is 9.29. The molecule has 0 aliphatic rings. The number of aromatic nitrogens is 5. The van der Waals surface area contributed by atoms with Gasteiger partial charge in [0.1, 0.15) is 0 Å². The molecule has 0 saturated heterocycles. The summed E-state index contributed by atoms with van der Waals surface area (Å²) in [4.78, 5) is 0. The smallest absolute Gasteiger partial charge is 0.0928 e. The zero-order valence-corrected chi connectivity index (χ0v) is 10.1. The average Bonchev–Trinajstić information content (AvgIpc) is 2.88. The second kappa shape index (κ2) is 5.13. The van der Waals surface area contributed by atoms with Crippen LogP contribution in [-0.4, -0.2) is 31.1 Å². The van der Waals surface area contributed by atoms with Crippen LogP contribution in [0.4, 0.5) is 0 Å². The molecular weight excluding hydrogens is 224 g/mol. The Morgan fingerprint density at radius 2 is 2.38 bits per heavy atom. The summed E-state index contributed by atoms with van der Waals surface area (Å²) in [6.45, 7) is 2.96. The van der Waals surface area contributed by atoms with Crippen molar-refractivity contribution in [2.24, 2.45) is 7.05 Å². The number of hydrogen-bond acceptors (Lipinski definition) is 6. The molecule has 1 atom stereocenters. The van der Waals surface area contributed by atoms with Gasteiger partial charge < -0.3 is 5.32 Å². The molecule has 7 heteroatoms. The first kappa shape index (κ1) is 11.2. The van der Waals surface area contributed by atoms with Gasteiger partial charge in [-0.1, -0.05) is 16.6 Å². The van der Waals surface area contributed by atoms with Crippen LogP contribution in [0.2, 0.25) is 0 Å². The van der Waals surface area contributed by atoms with Gasteiger partial charge >= 0.3 is 0 Å². The third-order valence-corrected chi connectivity index (χ3v) is 2.77. The van der Waals surface area contributed by atoms with E-state index in [-0.39, 0.29) is 6.04 Å². The first-order chi connectivity index (χ1) is 7.79. The highest BCUT2D eigenvalue weighted by molar-refractivity contribution is 7.03. The molecule has 0 aliphatic heterocycles. The van der Waals surface area contributed by atoms with E-state index in [1.807, 2.05) is 18.6 Å². The first-order valence-electron chi connectivity index (χ1n) is 5.15. The van der Waals surface area contributed by atoms with Crippen LogP contribution in [0.1, 0.15) is 24.4 Å². The molecule has 0 radical (unpaired) electrons. The van der Waals surface area contributed by atoms with E-state index in [4.69, 9.17) is 0 Å². The van der Waals surface area contributed by atoms with Gasteiger partial charge in [-0.05, 0) is 18.1 Å². The number of hydrogen-bond donors (Lipinski definition) is 1. The Bertz CT molecular complexity index is 423. The lowest BCUT2D eigenvalue weighted by Gasteiger charge is -2.12. The molecule has 86 valence electrons. The summed E-state index contributed by atoms with van der Waals surface area (Å²) in [5.74, 6) is 0. The Labute approximate surface area is 97.8 Å². The van der Waals surface area contributed by atoms with Crippen molar-refractivity contribution in [3.05, 3.63) is 23.0 Å². The van der Waals surface area contributed by atoms with Crippen LogP contribution in [-0.2, 0) is 13.5 Å². The zero-order chi connectivity index (χ0) is 11.4. The summed E-state index contributed by atoms with van der Waals surface area (Å²) < 4.78 is 5.59. The van der Waals surface area contributed by atoms with Crippen LogP contribution < -0.4 is 5.32 Å². The van der Waals surface area contributed by atoms with Gasteiger partial charge in [0.25, 0.3) is 0 Å². The lowest BCUT2D eigenvalue weighted by atomic mass is 10.1.